The lowest BCUT2D eigenvalue weighted by atomic mass is 10.3. The molecule has 0 saturated heterocycles. The van der Waals surface area contributed by atoms with Crippen LogP contribution >= 0.6 is 0 Å². The predicted molar refractivity (Wildman–Crippen MR) is 71.7 cm³/mol. The van der Waals surface area contributed by atoms with Gasteiger partial charge in [-0.2, -0.15) is 0 Å². The Hall–Kier alpha value is -2.27. The molecule has 0 bridgehead atoms. The predicted octanol–water partition coefficient (Wildman–Crippen LogP) is 2.35. The van der Waals surface area contributed by atoms with E-state index in [9.17, 15) is 0 Å². The number of benzene rings is 1. The number of nitrogens with zero attached hydrogens (tertiary/aromatic N) is 1. The third-order valence-electron chi connectivity index (χ3n) is 2.56. The fraction of sp³-hybridized carbons (Fsp3) is 0.214. The van der Waals surface area contributed by atoms with E-state index in [0.29, 0.717) is 29.5 Å². The largest absolute Gasteiger partial charge is 0.496 e. The number of ether oxygens (including phenoxy) is 3. The molecule has 0 spiro atoms. The second-order valence-electron chi connectivity index (χ2n) is 3.84. The molecule has 19 heavy (non-hydrogen) atoms. The van der Waals surface area contributed by atoms with Crippen molar-refractivity contribution in [1.29, 1.82) is 0 Å². The number of aromatic nitrogens is 1. The zero-order valence-corrected chi connectivity index (χ0v) is 10.9. The summed E-state index contributed by atoms with van der Waals surface area (Å²) in [6.45, 7) is 0.374. The van der Waals surface area contributed by atoms with Crippen molar-refractivity contribution in [3.63, 3.8) is 0 Å². The Morgan fingerprint density at radius 2 is 1.58 bits per heavy atom. The summed E-state index contributed by atoms with van der Waals surface area (Å²) in [5.74, 6) is 2.64. The second kappa shape index (κ2) is 6.06. The van der Waals surface area contributed by atoms with Crippen LogP contribution < -0.4 is 19.9 Å². The monoisotopic (exact) mass is 260 g/mol. The SMILES string of the molecule is COc1cc(OC)cc(Oc2ccnc(CN)c2)c1. The quantitative estimate of drug-likeness (QED) is 0.893. The first-order valence-electron chi connectivity index (χ1n) is 5.81. The average molecular weight is 260 g/mol. The van der Waals surface area contributed by atoms with Gasteiger partial charge in [0.15, 0.2) is 0 Å². The molecule has 1 aromatic heterocycles. The van der Waals surface area contributed by atoms with Crippen molar-refractivity contribution in [2.45, 2.75) is 6.54 Å². The molecule has 1 heterocycles. The molecule has 1 aromatic carbocycles. The standard InChI is InChI=1S/C14H16N2O3/c1-17-12-6-13(18-2)8-14(7-12)19-11-3-4-16-10(5-11)9-15/h3-8H,9,15H2,1-2H3. The first kappa shape index (κ1) is 13.2. The third-order valence-corrected chi connectivity index (χ3v) is 2.56. The maximum atomic E-state index is 5.75. The summed E-state index contributed by atoms with van der Waals surface area (Å²) >= 11 is 0. The van der Waals surface area contributed by atoms with Crippen LogP contribution in [0.25, 0.3) is 0 Å². The minimum atomic E-state index is 0.374. The van der Waals surface area contributed by atoms with Gasteiger partial charge in [-0.25, -0.2) is 0 Å². The molecule has 0 unspecified atom stereocenters. The van der Waals surface area contributed by atoms with Crippen molar-refractivity contribution in [2.75, 3.05) is 14.2 Å². The molecule has 100 valence electrons. The fourth-order valence-electron chi connectivity index (χ4n) is 1.61. The minimum absolute atomic E-state index is 0.374. The van der Waals surface area contributed by atoms with Crippen LogP contribution in [0.1, 0.15) is 5.69 Å². The zero-order valence-electron chi connectivity index (χ0n) is 10.9. The smallest absolute Gasteiger partial charge is 0.134 e. The lowest BCUT2D eigenvalue weighted by Gasteiger charge is -2.10. The van der Waals surface area contributed by atoms with E-state index in [1.54, 1.807) is 50.7 Å². The van der Waals surface area contributed by atoms with Crippen LogP contribution in [0.2, 0.25) is 0 Å². The topological polar surface area (TPSA) is 66.6 Å². The highest BCUT2D eigenvalue weighted by atomic mass is 16.5. The molecule has 0 atom stereocenters. The summed E-state index contributed by atoms with van der Waals surface area (Å²) in [5.41, 5.74) is 6.32. The molecule has 2 rings (SSSR count). The van der Waals surface area contributed by atoms with Gasteiger partial charge in [-0.1, -0.05) is 0 Å². The van der Waals surface area contributed by atoms with E-state index in [1.807, 2.05) is 0 Å². The van der Waals surface area contributed by atoms with Crippen LogP contribution in [0.4, 0.5) is 0 Å². The van der Waals surface area contributed by atoms with Crippen LogP contribution in [-0.2, 0) is 6.54 Å². The zero-order chi connectivity index (χ0) is 13.7. The Labute approximate surface area is 111 Å². The number of nitrogens with two attached hydrogens (primary N) is 1. The number of rotatable bonds is 5. The highest BCUT2D eigenvalue weighted by Gasteiger charge is 2.05. The van der Waals surface area contributed by atoms with Crippen molar-refractivity contribution < 1.29 is 14.2 Å². The summed E-state index contributed by atoms with van der Waals surface area (Å²) in [4.78, 5) is 4.11. The molecule has 0 amide bonds. The third kappa shape index (κ3) is 3.35. The van der Waals surface area contributed by atoms with Gasteiger partial charge >= 0.3 is 0 Å². The van der Waals surface area contributed by atoms with Crippen LogP contribution in [0, 0.1) is 0 Å². The maximum Gasteiger partial charge on any atom is 0.134 e. The van der Waals surface area contributed by atoms with E-state index in [4.69, 9.17) is 19.9 Å². The maximum absolute atomic E-state index is 5.75. The molecule has 5 nitrogen and oxygen atoms in total. The molecular weight excluding hydrogens is 244 g/mol. The average Bonchev–Trinajstić information content (AvgIpc) is 2.47. The molecule has 0 saturated carbocycles. The summed E-state index contributed by atoms with van der Waals surface area (Å²) in [7, 11) is 3.19. The number of hydrogen-bond acceptors (Lipinski definition) is 5. The van der Waals surface area contributed by atoms with Gasteiger partial charge in [0.05, 0.1) is 19.9 Å². The molecule has 5 heteroatoms. The van der Waals surface area contributed by atoms with Gasteiger partial charge in [0.25, 0.3) is 0 Å². The van der Waals surface area contributed by atoms with E-state index in [2.05, 4.69) is 4.98 Å². The highest BCUT2D eigenvalue weighted by molar-refractivity contribution is 5.44. The van der Waals surface area contributed by atoms with Gasteiger partial charge in [0.2, 0.25) is 0 Å². The molecular formula is C14H16N2O3. The van der Waals surface area contributed by atoms with Crippen LogP contribution in [0.5, 0.6) is 23.0 Å². The molecule has 0 fully saturated rings. The van der Waals surface area contributed by atoms with E-state index in [0.717, 1.165) is 5.69 Å². The minimum Gasteiger partial charge on any atom is -0.496 e. The summed E-state index contributed by atoms with van der Waals surface area (Å²) in [5, 5.41) is 0. The lowest BCUT2D eigenvalue weighted by Crippen LogP contribution is -1.99. The Bertz CT molecular complexity index is 536. The van der Waals surface area contributed by atoms with E-state index in [-0.39, 0.29) is 0 Å². The van der Waals surface area contributed by atoms with Crippen LogP contribution in [-0.4, -0.2) is 19.2 Å². The molecule has 2 N–H and O–H groups in total. The Kier molecular flexibility index (Phi) is 4.20. The van der Waals surface area contributed by atoms with Crippen molar-refractivity contribution in [3.8, 4) is 23.0 Å². The normalized spacial score (nSPS) is 10.1. The van der Waals surface area contributed by atoms with Crippen LogP contribution in [0.3, 0.4) is 0 Å². The lowest BCUT2D eigenvalue weighted by molar-refractivity contribution is 0.386. The molecule has 0 aliphatic rings. The first-order valence-corrected chi connectivity index (χ1v) is 5.81. The summed E-state index contributed by atoms with van der Waals surface area (Å²) < 4.78 is 16.1. The highest BCUT2D eigenvalue weighted by Crippen LogP contribution is 2.30. The number of methoxy groups -OCH3 is 2. The Morgan fingerprint density at radius 1 is 0.947 bits per heavy atom. The van der Waals surface area contributed by atoms with E-state index >= 15 is 0 Å². The van der Waals surface area contributed by atoms with Gasteiger partial charge in [0, 0.05) is 37.0 Å². The van der Waals surface area contributed by atoms with E-state index < -0.39 is 0 Å². The van der Waals surface area contributed by atoms with Crippen molar-refractivity contribution >= 4 is 0 Å². The number of pyridine rings is 1. The molecule has 0 radical (unpaired) electrons. The van der Waals surface area contributed by atoms with Gasteiger partial charge in [0.1, 0.15) is 23.0 Å². The first-order chi connectivity index (χ1) is 9.25. The van der Waals surface area contributed by atoms with Gasteiger partial charge in [-0.3, -0.25) is 4.98 Å². The van der Waals surface area contributed by atoms with E-state index in [1.165, 1.54) is 0 Å². The van der Waals surface area contributed by atoms with Crippen molar-refractivity contribution in [1.82, 2.24) is 4.98 Å². The fourth-order valence-corrected chi connectivity index (χ4v) is 1.61. The van der Waals surface area contributed by atoms with Crippen LogP contribution in [0.15, 0.2) is 36.5 Å². The second-order valence-corrected chi connectivity index (χ2v) is 3.84. The summed E-state index contributed by atoms with van der Waals surface area (Å²) in [6.07, 6.45) is 1.66. The Balaban J connectivity index is 2.26. The number of hydrogen-bond donors (Lipinski definition) is 1. The molecule has 2 aromatic rings. The summed E-state index contributed by atoms with van der Waals surface area (Å²) in [6, 6.07) is 8.91. The van der Waals surface area contributed by atoms with Gasteiger partial charge in [-0.15, -0.1) is 0 Å². The van der Waals surface area contributed by atoms with Crippen molar-refractivity contribution in [3.05, 3.63) is 42.2 Å². The van der Waals surface area contributed by atoms with Gasteiger partial charge in [-0.05, 0) is 6.07 Å². The van der Waals surface area contributed by atoms with Crippen molar-refractivity contribution in [2.24, 2.45) is 5.73 Å². The Morgan fingerprint density at radius 3 is 2.16 bits per heavy atom. The molecule has 0 aliphatic heterocycles. The molecule has 0 aliphatic carbocycles. The van der Waals surface area contributed by atoms with Gasteiger partial charge < -0.3 is 19.9 Å².